The van der Waals surface area contributed by atoms with Crippen LogP contribution in [0, 0.1) is 0 Å². The maximum atomic E-state index is 12.2. The molecule has 0 amide bonds. The fraction of sp³-hybridized carbons (Fsp3) is 0. The molecule has 0 aromatic heterocycles. The third-order valence-corrected chi connectivity index (χ3v) is 3.18. The van der Waals surface area contributed by atoms with Gasteiger partial charge in [-0.2, -0.15) is 0 Å². The molecule has 4 heteroatoms. The number of hydrogen-bond acceptors (Lipinski definition) is 4. The van der Waals surface area contributed by atoms with Gasteiger partial charge < -0.3 is 14.9 Å². The highest BCUT2D eigenvalue weighted by Gasteiger charge is 2.19. The van der Waals surface area contributed by atoms with Crippen LogP contribution in [-0.2, 0) is 0 Å². The second kappa shape index (κ2) is 5.17. The van der Waals surface area contributed by atoms with Gasteiger partial charge in [-0.1, -0.05) is 42.5 Å². The Hall–Kier alpha value is -3.01. The predicted octanol–water partition coefficient (Wildman–Crippen LogP) is 3.47. The number of carbonyl (C=O) groups excluding carboxylic acids is 1. The molecule has 3 aromatic rings. The highest BCUT2D eigenvalue weighted by Crippen LogP contribution is 2.30. The minimum Gasteiger partial charge on any atom is -0.507 e. The van der Waals surface area contributed by atoms with E-state index < -0.39 is 5.97 Å². The van der Waals surface area contributed by atoms with Crippen LogP contribution in [0.5, 0.6) is 17.2 Å². The van der Waals surface area contributed by atoms with Gasteiger partial charge in [0.25, 0.3) is 0 Å². The molecule has 0 spiro atoms. The largest absolute Gasteiger partial charge is 0.507 e. The number of ether oxygens (including phenoxy) is 1. The summed E-state index contributed by atoms with van der Waals surface area (Å²) in [7, 11) is 0. The van der Waals surface area contributed by atoms with E-state index in [2.05, 4.69) is 0 Å². The number of esters is 1. The van der Waals surface area contributed by atoms with E-state index >= 15 is 0 Å². The molecule has 0 aliphatic rings. The lowest BCUT2D eigenvalue weighted by Gasteiger charge is -2.09. The lowest BCUT2D eigenvalue weighted by molar-refractivity contribution is 0.0731. The van der Waals surface area contributed by atoms with Crippen molar-refractivity contribution in [2.24, 2.45) is 0 Å². The van der Waals surface area contributed by atoms with Gasteiger partial charge in [0.05, 0.1) is 0 Å². The third-order valence-electron chi connectivity index (χ3n) is 3.18. The number of phenolic OH excluding ortho intramolecular Hbond substituents is 2. The first-order chi connectivity index (χ1) is 10.2. The average molecular weight is 280 g/mol. The van der Waals surface area contributed by atoms with E-state index in [4.69, 9.17) is 4.74 Å². The van der Waals surface area contributed by atoms with Crippen molar-refractivity contribution in [3.8, 4) is 17.2 Å². The summed E-state index contributed by atoms with van der Waals surface area (Å²) in [5, 5.41) is 21.1. The van der Waals surface area contributed by atoms with Crippen molar-refractivity contribution in [3.05, 3.63) is 66.2 Å². The number of aromatic hydroxyl groups is 2. The van der Waals surface area contributed by atoms with Gasteiger partial charge in [-0.15, -0.1) is 0 Å². The van der Waals surface area contributed by atoms with Gasteiger partial charge in [-0.05, 0) is 23.6 Å². The first kappa shape index (κ1) is 13.0. The van der Waals surface area contributed by atoms with Gasteiger partial charge in [-0.25, -0.2) is 4.79 Å². The summed E-state index contributed by atoms with van der Waals surface area (Å²) in [5.41, 5.74) is -0.245. The van der Waals surface area contributed by atoms with Crippen LogP contribution in [0.3, 0.4) is 0 Å². The summed E-state index contributed by atoms with van der Waals surface area (Å²) in [5.74, 6) is -1.07. The lowest BCUT2D eigenvalue weighted by atomic mass is 10.1. The second-order valence-corrected chi connectivity index (χ2v) is 4.54. The van der Waals surface area contributed by atoms with Crippen molar-refractivity contribution in [2.75, 3.05) is 0 Å². The molecule has 0 unspecified atom stereocenters. The number of benzene rings is 3. The fourth-order valence-electron chi connectivity index (χ4n) is 2.17. The molecular formula is C17H12O4. The van der Waals surface area contributed by atoms with Crippen molar-refractivity contribution >= 4 is 16.7 Å². The second-order valence-electron chi connectivity index (χ2n) is 4.54. The van der Waals surface area contributed by atoms with E-state index in [0.717, 1.165) is 10.8 Å². The number of carbonyl (C=O) groups is 1. The van der Waals surface area contributed by atoms with E-state index in [1.54, 1.807) is 12.1 Å². The topological polar surface area (TPSA) is 66.8 Å². The quantitative estimate of drug-likeness (QED) is 0.557. The summed E-state index contributed by atoms with van der Waals surface area (Å²) in [6.07, 6.45) is 0. The van der Waals surface area contributed by atoms with E-state index in [1.165, 1.54) is 18.2 Å². The van der Waals surface area contributed by atoms with E-state index in [-0.39, 0.29) is 17.1 Å². The Morgan fingerprint density at radius 1 is 0.810 bits per heavy atom. The normalized spacial score (nSPS) is 10.5. The third kappa shape index (κ3) is 2.39. The first-order valence-electron chi connectivity index (χ1n) is 6.37. The van der Waals surface area contributed by atoms with E-state index in [9.17, 15) is 15.0 Å². The van der Waals surface area contributed by atoms with Crippen molar-refractivity contribution < 1.29 is 19.7 Å². The fourth-order valence-corrected chi connectivity index (χ4v) is 2.17. The number of phenols is 2. The molecule has 0 saturated carbocycles. The first-order valence-corrected chi connectivity index (χ1v) is 6.37. The van der Waals surface area contributed by atoms with E-state index in [0.29, 0.717) is 5.75 Å². The van der Waals surface area contributed by atoms with Crippen molar-refractivity contribution in [2.45, 2.75) is 0 Å². The van der Waals surface area contributed by atoms with Crippen molar-refractivity contribution in [1.29, 1.82) is 0 Å². The summed E-state index contributed by atoms with van der Waals surface area (Å²) in [6.45, 7) is 0. The molecule has 2 N–H and O–H groups in total. The molecule has 21 heavy (non-hydrogen) atoms. The SMILES string of the molecule is O=C(Oc1cccc2ccccc12)c1c(O)cccc1O. The zero-order valence-corrected chi connectivity index (χ0v) is 11.0. The van der Waals surface area contributed by atoms with Gasteiger partial charge >= 0.3 is 5.97 Å². The van der Waals surface area contributed by atoms with Crippen LogP contribution >= 0.6 is 0 Å². The van der Waals surface area contributed by atoms with Crippen LogP contribution < -0.4 is 4.74 Å². The molecule has 0 atom stereocenters. The van der Waals surface area contributed by atoms with Crippen molar-refractivity contribution in [1.82, 2.24) is 0 Å². The average Bonchev–Trinajstić information content (AvgIpc) is 2.47. The maximum Gasteiger partial charge on any atom is 0.351 e. The van der Waals surface area contributed by atoms with Crippen LogP contribution in [0.15, 0.2) is 60.7 Å². The minimum atomic E-state index is -0.804. The molecule has 0 radical (unpaired) electrons. The number of rotatable bonds is 2. The molecule has 0 aliphatic heterocycles. The molecular weight excluding hydrogens is 268 g/mol. The van der Waals surface area contributed by atoms with Gasteiger partial charge in [0.1, 0.15) is 22.8 Å². The van der Waals surface area contributed by atoms with Gasteiger partial charge in [-0.3, -0.25) is 0 Å². The molecule has 4 nitrogen and oxygen atoms in total. The van der Waals surface area contributed by atoms with Crippen LogP contribution in [0.25, 0.3) is 10.8 Å². The van der Waals surface area contributed by atoms with E-state index in [1.807, 2.05) is 30.3 Å². The summed E-state index contributed by atoms with van der Waals surface area (Å²) >= 11 is 0. The molecule has 0 bridgehead atoms. The van der Waals surface area contributed by atoms with Gasteiger partial charge in [0.15, 0.2) is 0 Å². The Balaban J connectivity index is 2.01. The van der Waals surface area contributed by atoms with Crippen LogP contribution in [0.4, 0.5) is 0 Å². The Labute approximate surface area is 120 Å². The molecule has 0 aliphatic carbocycles. The zero-order chi connectivity index (χ0) is 14.8. The molecule has 0 fully saturated rings. The molecule has 104 valence electrons. The number of hydrogen-bond donors (Lipinski definition) is 2. The highest BCUT2D eigenvalue weighted by molar-refractivity contribution is 5.99. The zero-order valence-electron chi connectivity index (χ0n) is 11.0. The van der Waals surface area contributed by atoms with Crippen LogP contribution in [-0.4, -0.2) is 16.2 Å². The van der Waals surface area contributed by atoms with Gasteiger partial charge in [0.2, 0.25) is 0 Å². The predicted molar refractivity (Wildman–Crippen MR) is 78.7 cm³/mol. The Bertz CT molecular complexity index is 798. The van der Waals surface area contributed by atoms with Crippen LogP contribution in [0.1, 0.15) is 10.4 Å². The molecule has 0 saturated heterocycles. The smallest absolute Gasteiger partial charge is 0.351 e. The highest BCUT2D eigenvalue weighted by atomic mass is 16.5. The minimum absolute atomic E-state index is 0.245. The molecule has 3 aromatic carbocycles. The molecule has 0 heterocycles. The lowest BCUT2D eigenvalue weighted by Crippen LogP contribution is -2.09. The van der Waals surface area contributed by atoms with Crippen LogP contribution in [0.2, 0.25) is 0 Å². The standard InChI is InChI=1S/C17H12O4/c18-13-8-4-9-14(19)16(13)17(20)21-15-10-3-6-11-5-1-2-7-12(11)15/h1-10,18-19H. The summed E-state index contributed by atoms with van der Waals surface area (Å²) in [4.78, 5) is 12.2. The summed E-state index contributed by atoms with van der Waals surface area (Å²) in [6, 6.07) is 16.9. The van der Waals surface area contributed by atoms with Gasteiger partial charge in [0, 0.05) is 5.39 Å². The number of fused-ring (bicyclic) bond motifs is 1. The Kier molecular flexibility index (Phi) is 3.20. The Morgan fingerprint density at radius 2 is 1.43 bits per heavy atom. The maximum absolute atomic E-state index is 12.2. The monoisotopic (exact) mass is 280 g/mol. The van der Waals surface area contributed by atoms with Crippen molar-refractivity contribution in [3.63, 3.8) is 0 Å². The Morgan fingerprint density at radius 3 is 2.19 bits per heavy atom. The summed E-state index contributed by atoms with van der Waals surface area (Å²) < 4.78 is 5.32. The molecule has 3 rings (SSSR count).